The third-order valence-electron chi connectivity index (χ3n) is 2.99. The first-order chi connectivity index (χ1) is 10.2. The van der Waals surface area contributed by atoms with Gasteiger partial charge in [0.1, 0.15) is 5.56 Å². The van der Waals surface area contributed by atoms with Crippen molar-refractivity contribution in [3.8, 4) is 5.75 Å². The second kappa shape index (κ2) is 5.12. The zero-order valence-electron chi connectivity index (χ0n) is 10.8. The molecule has 0 atom stereocenters. The Morgan fingerprint density at radius 1 is 1.43 bits per heavy atom. The maximum Gasteiger partial charge on any atom is 0.270 e. The van der Waals surface area contributed by atoms with Crippen molar-refractivity contribution in [2.45, 2.75) is 6.54 Å². The Morgan fingerprint density at radius 2 is 2.29 bits per heavy atom. The van der Waals surface area contributed by atoms with Crippen molar-refractivity contribution in [2.75, 3.05) is 0 Å². The molecule has 7 heteroatoms. The SMILES string of the molecule is O=C(NCc1ccoc1)c1cnc2c(O)cccn2c1=O. The van der Waals surface area contributed by atoms with E-state index in [-0.39, 0.29) is 23.5 Å². The number of hydrogen-bond donors (Lipinski definition) is 2. The molecule has 0 saturated heterocycles. The van der Waals surface area contributed by atoms with Crippen LogP contribution in [0.2, 0.25) is 0 Å². The van der Waals surface area contributed by atoms with E-state index in [9.17, 15) is 14.7 Å². The molecule has 21 heavy (non-hydrogen) atoms. The number of pyridine rings is 1. The molecule has 0 bridgehead atoms. The van der Waals surface area contributed by atoms with Crippen LogP contribution in [0.25, 0.3) is 5.65 Å². The van der Waals surface area contributed by atoms with Gasteiger partial charge in [0.05, 0.1) is 12.5 Å². The highest BCUT2D eigenvalue weighted by atomic mass is 16.3. The zero-order valence-corrected chi connectivity index (χ0v) is 10.8. The Balaban J connectivity index is 1.92. The van der Waals surface area contributed by atoms with Gasteiger partial charge in [-0.25, -0.2) is 4.98 Å². The van der Waals surface area contributed by atoms with Gasteiger partial charge in [-0.05, 0) is 18.2 Å². The molecule has 3 rings (SSSR count). The number of carbonyl (C=O) groups is 1. The summed E-state index contributed by atoms with van der Waals surface area (Å²) in [7, 11) is 0. The average molecular weight is 285 g/mol. The fraction of sp³-hybridized carbons (Fsp3) is 0.0714. The quantitative estimate of drug-likeness (QED) is 0.746. The smallest absolute Gasteiger partial charge is 0.270 e. The Morgan fingerprint density at radius 3 is 3.05 bits per heavy atom. The standard InChI is InChI=1S/C14H11N3O4/c18-11-2-1-4-17-12(11)15-7-10(14(17)20)13(19)16-6-9-3-5-21-8-9/h1-5,7-8,18H,6H2,(H,16,19). The van der Waals surface area contributed by atoms with E-state index < -0.39 is 11.5 Å². The molecule has 0 aliphatic carbocycles. The van der Waals surface area contributed by atoms with E-state index in [4.69, 9.17) is 4.42 Å². The number of rotatable bonds is 3. The number of furan rings is 1. The monoisotopic (exact) mass is 285 g/mol. The summed E-state index contributed by atoms with van der Waals surface area (Å²) in [6, 6.07) is 4.63. The van der Waals surface area contributed by atoms with Crippen LogP contribution in [0.15, 0.2) is 52.3 Å². The van der Waals surface area contributed by atoms with E-state index in [0.29, 0.717) is 0 Å². The van der Waals surface area contributed by atoms with Crippen LogP contribution in [-0.2, 0) is 6.54 Å². The second-order valence-electron chi connectivity index (χ2n) is 4.38. The third-order valence-corrected chi connectivity index (χ3v) is 2.99. The van der Waals surface area contributed by atoms with Gasteiger partial charge in [0.15, 0.2) is 11.4 Å². The number of hydrogen-bond acceptors (Lipinski definition) is 5. The molecular formula is C14H11N3O4. The fourth-order valence-corrected chi connectivity index (χ4v) is 1.92. The molecule has 1 amide bonds. The fourth-order valence-electron chi connectivity index (χ4n) is 1.92. The molecule has 0 spiro atoms. The molecule has 0 aromatic carbocycles. The summed E-state index contributed by atoms with van der Waals surface area (Å²) in [5, 5.41) is 12.2. The topological polar surface area (TPSA) is 96.8 Å². The summed E-state index contributed by atoms with van der Waals surface area (Å²) >= 11 is 0. The van der Waals surface area contributed by atoms with E-state index in [1.807, 2.05) is 0 Å². The molecule has 7 nitrogen and oxygen atoms in total. The van der Waals surface area contributed by atoms with Crippen LogP contribution < -0.4 is 10.9 Å². The second-order valence-corrected chi connectivity index (χ2v) is 4.38. The van der Waals surface area contributed by atoms with E-state index in [1.54, 1.807) is 6.07 Å². The number of amides is 1. The van der Waals surface area contributed by atoms with Crippen molar-refractivity contribution in [3.05, 3.63) is 64.6 Å². The van der Waals surface area contributed by atoms with Crippen molar-refractivity contribution in [2.24, 2.45) is 0 Å². The van der Waals surface area contributed by atoms with Crippen LogP contribution in [-0.4, -0.2) is 20.4 Å². The maximum absolute atomic E-state index is 12.2. The number of nitrogens with zero attached hydrogens (tertiary/aromatic N) is 2. The Kier molecular flexibility index (Phi) is 3.15. The molecule has 0 aliphatic heterocycles. The minimum absolute atomic E-state index is 0.0957. The first kappa shape index (κ1) is 12.9. The lowest BCUT2D eigenvalue weighted by atomic mass is 10.2. The van der Waals surface area contributed by atoms with Crippen LogP contribution in [0.1, 0.15) is 15.9 Å². The van der Waals surface area contributed by atoms with Gasteiger partial charge in [0.2, 0.25) is 0 Å². The van der Waals surface area contributed by atoms with Gasteiger partial charge >= 0.3 is 0 Å². The van der Waals surface area contributed by atoms with Crippen LogP contribution in [0, 0.1) is 0 Å². The van der Waals surface area contributed by atoms with Gasteiger partial charge in [0, 0.05) is 24.5 Å². The number of aromatic hydroxyl groups is 1. The Bertz CT molecular complexity index is 852. The minimum atomic E-state index is -0.541. The minimum Gasteiger partial charge on any atom is -0.504 e. The van der Waals surface area contributed by atoms with Crippen molar-refractivity contribution in [1.82, 2.24) is 14.7 Å². The van der Waals surface area contributed by atoms with E-state index in [1.165, 1.54) is 30.9 Å². The van der Waals surface area contributed by atoms with Crippen LogP contribution in [0.5, 0.6) is 5.75 Å². The van der Waals surface area contributed by atoms with Crippen LogP contribution in [0.3, 0.4) is 0 Å². The molecule has 0 aliphatic rings. The molecule has 0 unspecified atom stereocenters. The predicted octanol–water partition coefficient (Wildman–Crippen LogP) is 0.923. The van der Waals surface area contributed by atoms with Crippen LogP contribution >= 0.6 is 0 Å². The average Bonchev–Trinajstić information content (AvgIpc) is 2.99. The molecule has 0 saturated carbocycles. The number of fused-ring (bicyclic) bond motifs is 1. The van der Waals surface area contributed by atoms with Gasteiger partial charge in [0.25, 0.3) is 11.5 Å². The first-order valence-corrected chi connectivity index (χ1v) is 6.15. The highest BCUT2D eigenvalue weighted by molar-refractivity contribution is 5.93. The Hall–Kier alpha value is -3.09. The van der Waals surface area contributed by atoms with Gasteiger partial charge in [-0.15, -0.1) is 0 Å². The zero-order chi connectivity index (χ0) is 14.8. The lowest BCUT2D eigenvalue weighted by molar-refractivity contribution is 0.0949. The number of carbonyl (C=O) groups excluding carboxylic acids is 1. The summed E-state index contributed by atoms with van der Waals surface area (Å²) in [4.78, 5) is 28.2. The number of aromatic nitrogens is 2. The molecule has 0 radical (unpaired) electrons. The summed E-state index contributed by atoms with van der Waals surface area (Å²) in [6.45, 7) is 0.248. The summed E-state index contributed by atoms with van der Waals surface area (Å²) in [5.41, 5.74) is 0.255. The molecular weight excluding hydrogens is 274 g/mol. The van der Waals surface area contributed by atoms with E-state index in [0.717, 1.165) is 16.2 Å². The highest BCUT2D eigenvalue weighted by Gasteiger charge is 2.14. The third kappa shape index (κ3) is 2.36. The summed E-state index contributed by atoms with van der Waals surface area (Å²) in [5.74, 6) is -0.661. The van der Waals surface area contributed by atoms with Crippen molar-refractivity contribution >= 4 is 11.6 Å². The van der Waals surface area contributed by atoms with Gasteiger partial charge in [-0.2, -0.15) is 0 Å². The molecule has 3 heterocycles. The molecule has 3 aromatic rings. The molecule has 2 N–H and O–H groups in total. The lowest BCUT2D eigenvalue weighted by Gasteiger charge is -2.05. The largest absolute Gasteiger partial charge is 0.504 e. The maximum atomic E-state index is 12.2. The van der Waals surface area contributed by atoms with Gasteiger partial charge < -0.3 is 14.8 Å². The van der Waals surface area contributed by atoms with Gasteiger partial charge in [-0.1, -0.05) is 0 Å². The summed E-state index contributed by atoms with van der Waals surface area (Å²) in [6.07, 6.45) is 5.60. The Labute approximate surface area is 118 Å². The van der Waals surface area contributed by atoms with Crippen molar-refractivity contribution in [3.63, 3.8) is 0 Å². The van der Waals surface area contributed by atoms with Crippen LogP contribution in [0.4, 0.5) is 0 Å². The molecule has 3 aromatic heterocycles. The first-order valence-electron chi connectivity index (χ1n) is 6.15. The normalized spacial score (nSPS) is 10.7. The van der Waals surface area contributed by atoms with E-state index >= 15 is 0 Å². The van der Waals surface area contributed by atoms with E-state index in [2.05, 4.69) is 10.3 Å². The van der Waals surface area contributed by atoms with Crippen molar-refractivity contribution < 1.29 is 14.3 Å². The summed E-state index contributed by atoms with van der Waals surface area (Å²) < 4.78 is 6.02. The van der Waals surface area contributed by atoms with Gasteiger partial charge in [-0.3, -0.25) is 14.0 Å². The highest BCUT2D eigenvalue weighted by Crippen LogP contribution is 2.12. The predicted molar refractivity (Wildman–Crippen MR) is 73.0 cm³/mol. The molecule has 0 fully saturated rings. The number of nitrogens with one attached hydrogen (secondary N) is 1. The molecule has 106 valence electrons. The lowest BCUT2D eigenvalue weighted by Crippen LogP contribution is -2.31. The van der Waals surface area contributed by atoms with Crippen molar-refractivity contribution in [1.29, 1.82) is 0 Å².